The molecular weight excluding hydrogens is 322 g/mol. The van der Waals surface area contributed by atoms with Crippen molar-refractivity contribution in [2.45, 2.75) is 33.2 Å². The van der Waals surface area contributed by atoms with Crippen LogP contribution in [0.4, 0.5) is 0 Å². The Morgan fingerprint density at radius 1 is 1.20 bits per heavy atom. The minimum Gasteiger partial charge on any atom is -0.337 e. The molecule has 0 radical (unpaired) electrons. The highest BCUT2D eigenvalue weighted by Crippen LogP contribution is 2.26. The van der Waals surface area contributed by atoms with Gasteiger partial charge in [-0.25, -0.2) is 0 Å². The molecule has 2 amide bonds. The maximum atomic E-state index is 12.7. The first-order chi connectivity index (χ1) is 12.0. The predicted molar refractivity (Wildman–Crippen MR) is 88.7 cm³/mol. The maximum absolute atomic E-state index is 12.7. The van der Waals surface area contributed by atoms with Crippen LogP contribution in [0.1, 0.15) is 47.2 Å². The molecule has 0 spiro atoms. The van der Waals surface area contributed by atoms with Gasteiger partial charge in [-0.2, -0.15) is 4.98 Å². The van der Waals surface area contributed by atoms with Crippen molar-refractivity contribution in [2.75, 3.05) is 19.6 Å². The fourth-order valence-corrected chi connectivity index (χ4v) is 2.99. The van der Waals surface area contributed by atoms with Crippen LogP contribution in [0.3, 0.4) is 0 Å². The summed E-state index contributed by atoms with van der Waals surface area (Å²) < 4.78 is 5.26. The fraction of sp³-hybridized carbons (Fsp3) is 0.471. The molecule has 25 heavy (non-hydrogen) atoms. The van der Waals surface area contributed by atoms with E-state index >= 15 is 0 Å². The van der Waals surface area contributed by atoms with Gasteiger partial charge in [0.15, 0.2) is 5.82 Å². The molecule has 3 heterocycles. The Bertz CT molecular complexity index is 771. The van der Waals surface area contributed by atoms with Crippen molar-refractivity contribution in [2.24, 2.45) is 0 Å². The fourth-order valence-electron chi connectivity index (χ4n) is 2.99. The van der Waals surface area contributed by atoms with Crippen LogP contribution in [0.5, 0.6) is 0 Å². The molecule has 8 heteroatoms. The number of aromatic nitrogens is 3. The average molecular weight is 343 g/mol. The predicted octanol–water partition coefficient (Wildman–Crippen LogP) is 1.52. The topological polar surface area (TPSA) is 92.4 Å². The summed E-state index contributed by atoms with van der Waals surface area (Å²) >= 11 is 0. The number of aryl methyl sites for hydroxylation is 2. The minimum absolute atomic E-state index is 0.0767. The SMILES string of the molecule is CC(=O)N1CCN(C(=O)c2ccc(C)nc2)CCC1c1nc(C)no1. The zero-order valence-corrected chi connectivity index (χ0v) is 14.6. The molecule has 0 aliphatic carbocycles. The molecule has 1 aliphatic rings. The Balaban J connectivity index is 1.79. The van der Waals surface area contributed by atoms with E-state index < -0.39 is 0 Å². The molecule has 2 aromatic rings. The summed E-state index contributed by atoms with van der Waals surface area (Å²) in [5.41, 5.74) is 1.41. The first kappa shape index (κ1) is 17.1. The van der Waals surface area contributed by atoms with Gasteiger partial charge in [-0.05, 0) is 32.4 Å². The van der Waals surface area contributed by atoms with Gasteiger partial charge in [-0.3, -0.25) is 14.6 Å². The van der Waals surface area contributed by atoms with Crippen LogP contribution in [-0.4, -0.2) is 56.4 Å². The Kier molecular flexibility index (Phi) is 4.78. The van der Waals surface area contributed by atoms with Gasteiger partial charge >= 0.3 is 0 Å². The van der Waals surface area contributed by atoms with Gasteiger partial charge in [0.25, 0.3) is 5.91 Å². The molecule has 1 saturated heterocycles. The summed E-state index contributed by atoms with van der Waals surface area (Å²) in [6.45, 7) is 6.51. The van der Waals surface area contributed by atoms with Crippen LogP contribution in [0.25, 0.3) is 0 Å². The lowest BCUT2D eigenvalue weighted by molar-refractivity contribution is -0.131. The van der Waals surface area contributed by atoms with Gasteiger partial charge in [0.2, 0.25) is 11.8 Å². The van der Waals surface area contributed by atoms with Crippen LogP contribution in [0.15, 0.2) is 22.9 Å². The third-order valence-electron chi connectivity index (χ3n) is 4.34. The second kappa shape index (κ2) is 7.00. The van der Waals surface area contributed by atoms with Gasteiger partial charge in [-0.1, -0.05) is 5.16 Å². The van der Waals surface area contributed by atoms with Crippen molar-refractivity contribution in [3.05, 3.63) is 41.3 Å². The second-order valence-electron chi connectivity index (χ2n) is 6.18. The zero-order chi connectivity index (χ0) is 18.0. The quantitative estimate of drug-likeness (QED) is 0.821. The molecule has 2 aromatic heterocycles. The molecular formula is C17H21N5O3. The first-order valence-electron chi connectivity index (χ1n) is 8.25. The molecule has 132 valence electrons. The van der Waals surface area contributed by atoms with Crippen LogP contribution in [0, 0.1) is 13.8 Å². The molecule has 0 saturated carbocycles. The van der Waals surface area contributed by atoms with Crippen molar-refractivity contribution >= 4 is 11.8 Å². The van der Waals surface area contributed by atoms with Gasteiger partial charge in [-0.15, -0.1) is 0 Å². The standard InChI is InChI=1S/C17H21N5O3/c1-11-4-5-14(10-18-11)17(24)21-7-6-15(16-19-12(2)20-25-16)22(9-8-21)13(3)23/h4-5,10,15H,6-9H2,1-3H3. The van der Waals surface area contributed by atoms with Crippen LogP contribution >= 0.6 is 0 Å². The molecule has 0 aromatic carbocycles. The molecule has 1 atom stereocenters. The second-order valence-corrected chi connectivity index (χ2v) is 6.18. The van der Waals surface area contributed by atoms with E-state index in [2.05, 4.69) is 15.1 Å². The van der Waals surface area contributed by atoms with Gasteiger partial charge in [0, 0.05) is 38.4 Å². The van der Waals surface area contributed by atoms with Crippen LogP contribution < -0.4 is 0 Å². The summed E-state index contributed by atoms with van der Waals surface area (Å²) in [4.78, 5) is 36.6. The van der Waals surface area contributed by atoms with Crippen LogP contribution in [0.2, 0.25) is 0 Å². The van der Waals surface area contributed by atoms with Crippen molar-refractivity contribution in [3.8, 4) is 0 Å². The Hall–Kier alpha value is -2.77. The molecule has 1 unspecified atom stereocenters. The number of carbonyl (C=O) groups excluding carboxylic acids is 2. The molecule has 1 fully saturated rings. The highest BCUT2D eigenvalue weighted by atomic mass is 16.5. The lowest BCUT2D eigenvalue weighted by Crippen LogP contribution is -2.37. The molecule has 3 rings (SSSR count). The summed E-state index contributed by atoms with van der Waals surface area (Å²) in [7, 11) is 0. The number of nitrogens with zero attached hydrogens (tertiary/aromatic N) is 5. The first-order valence-corrected chi connectivity index (χ1v) is 8.25. The van der Waals surface area contributed by atoms with E-state index in [-0.39, 0.29) is 17.9 Å². The van der Waals surface area contributed by atoms with E-state index in [9.17, 15) is 9.59 Å². The molecule has 0 N–H and O–H groups in total. The number of pyridine rings is 1. The van der Waals surface area contributed by atoms with Crippen molar-refractivity contribution in [1.29, 1.82) is 0 Å². The molecule has 8 nitrogen and oxygen atoms in total. The van der Waals surface area contributed by atoms with Crippen molar-refractivity contribution < 1.29 is 14.1 Å². The highest BCUT2D eigenvalue weighted by molar-refractivity contribution is 5.94. The number of amides is 2. The van der Waals surface area contributed by atoms with Crippen LogP contribution in [-0.2, 0) is 4.79 Å². The van der Waals surface area contributed by atoms with Crippen molar-refractivity contribution in [3.63, 3.8) is 0 Å². The summed E-state index contributed by atoms with van der Waals surface area (Å²) in [6.07, 6.45) is 2.14. The Morgan fingerprint density at radius 3 is 2.60 bits per heavy atom. The van der Waals surface area contributed by atoms with E-state index in [1.165, 1.54) is 6.92 Å². The van der Waals surface area contributed by atoms with E-state index in [1.807, 2.05) is 13.0 Å². The normalized spacial score (nSPS) is 18.1. The number of rotatable bonds is 2. The maximum Gasteiger partial charge on any atom is 0.255 e. The number of hydrogen-bond acceptors (Lipinski definition) is 6. The number of hydrogen-bond donors (Lipinski definition) is 0. The summed E-state index contributed by atoms with van der Waals surface area (Å²) in [5.74, 6) is 0.783. The Morgan fingerprint density at radius 2 is 2.00 bits per heavy atom. The third kappa shape index (κ3) is 3.67. The van der Waals surface area contributed by atoms with E-state index in [1.54, 1.807) is 29.0 Å². The van der Waals surface area contributed by atoms with E-state index in [4.69, 9.17) is 4.52 Å². The van der Waals surface area contributed by atoms with Gasteiger partial charge in [0.1, 0.15) is 6.04 Å². The lowest BCUT2D eigenvalue weighted by Gasteiger charge is -2.25. The molecule has 0 bridgehead atoms. The largest absolute Gasteiger partial charge is 0.337 e. The third-order valence-corrected chi connectivity index (χ3v) is 4.34. The Labute approximate surface area is 145 Å². The monoisotopic (exact) mass is 343 g/mol. The number of carbonyl (C=O) groups is 2. The van der Waals surface area contributed by atoms with Gasteiger partial charge in [0.05, 0.1) is 5.56 Å². The van der Waals surface area contributed by atoms with Gasteiger partial charge < -0.3 is 14.3 Å². The summed E-state index contributed by atoms with van der Waals surface area (Å²) in [6, 6.07) is 3.28. The lowest BCUT2D eigenvalue weighted by atomic mass is 10.1. The van der Waals surface area contributed by atoms with E-state index in [0.29, 0.717) is 43.3 Å². The smallest absolute Gasteiger partial charge is 0.255 e. The molecule has 1 aliphatic heterocycles. The zero-order valence-electron chi connectivity index (χ0n) is 14.6. The summed E-state index contributed by atoms with van der Waals surface area (Å²) in [5, 5.41) is 3.81. The van der Waals surface area contributed by atoms with Crippen molar-refractivity contribution in [1.82, 2.24) is 24.9 Å². The van der Waals surface area contributed by atoms with E-state index in [0.717, 1.165) is 5.69 Å². The highest BCUT2D eigenvalue weighted by Gasteiger charge is 2.32. The average Bonchev–Trinajstić information content (AvgIpc) is 2.89. The minimum atomic E-state index is -0.312.